The molecule has 0 aromatic carbocycles. The van der Waals surface area contributed by atoms with Gasteiger partial charge in [0.15, 0.2) is 0 Å². The summed E-state index contributed by atoms with van der Waals surface area (Å²) in [5.41, 5.74) is 5.37. The SMILES string of the molecule is CC(CN)C(=O)N1CCC(O)C1. The van der Waals surface area contributed by atoms with Gasteiger partial charge in [-0.15, -0.1) is 0 Å². The van der Waals surface area contributed by atoms with Crippen LogP contribution in [0.15, 0.2) is 0 Å². The summed E-state index contributed by atoms with van der Waals surface area (Å²) in [6.45, 7) is 3.34. The standard InChI is InChI=1S/C8H16N2O2/c1-6(4-9)8(12)10-3-2-7(11)5-10/h6-7,11H,2-5,9H2,1H3. The predicted molar refractivity (Wildman–Crippen MR) is 45.4 cm³/mol. The Bertz CT molecular complexity index is 172. The third-order valence-electron chi connectivity index (χ3n) is 2.25. The molecule has 0 aromatic rings. The number of rotatable bonds is 2. The molecule has 0 spiro atoms. The van der Waals surface area contributed by atoms with Crippen LogP contribution in [0.3, 0.4) is 0 Å². The number of carbonyl (C=O) groups is 1. The van der Waals surface area contributed by atoms with Crippen LogP contribution in [0.25, 0.3) is 0 Å². The third kappa shape index (κ3) is 1.95. The van der Waals surface area contributed by atoms with Gasteiger partial charge in [-0.3, -0.25) is 4.79 Å². The number of carbonyl (C=O) groups excluding carboxylic acids is 1. The van der Waals surface area contributed by atoms with Gasteiger partial charge < -0.3 is 15.7 Å². The highest BCUT2D eigenvalue weighted by atomic mass is 16.3. The monoisotopic (exact) mass is 172 g/mol. The molecule has 70 valence electrons. The summed E-state index contributed by atoms with van der Waals surface area (Å²) in [5.74, 6) is -0.0515. The highest BCUT2D eigenvalue weighted by Gasteiger charge is 2.26. The lowest BCUT2D eigenvalue weighted by molar-refractivity contribution is -0.133. The molecule has 2 unspecified atom stereocenters. The molecule has 0 bridgehead atoms. The Morgan fingerprint density at radius 2 is 2.50 bits per heavy atom. The van der Waals surface area contributed by atoms with Gasteiger partial charge >= 0.3 is 0 Å². The summed E-state index contributed by atoms with van der Waals surface area (Å²) >= 11 is 0. The molecule has 3 N–H and O–H groups in total. The van der Waals surface area contributed by atoms with Crippen molar-refractivity contribution >= 4 is 5.91 Å². The lowest BCUT2D eigenvalue weighted by Crippen LogP contribution is -2.36. The molecule has 2 atom stereocenters. The molecule has 1 saturated heterocycles. The quantitative estimate of drug-likeness (QED) is 0.571. The van der Waals surface area contributed by atoms with Crippen molar-refractivity contribution in [1.29, 1.82) is 0 Å². The molecule has 1 amide bonds. The Hall–Kier alpha value is -0.610. The zero-order chi connectivity index (χ0) is 9.14. The first kappa shape index (κ1) is 9.48. The van der Waals surface area contributed by atoms with Crippen molar-refractivity contribution in [2.24, 2.45) is 11.7 Å². The van der Waals surface area contributed by atoms with E-state index in [9.17, 15) is 9.90 Å². The number of hydrogen-bond donors (Lipinski definition) is 2. The Morgan fingerprint density at radius 1 is 1.83 bits per heavy atom. The largest absolute Gasteiger partial charge is 0.391 e. The average molecular weight is 172 g/mol. The summed E-state index contributed by atoms with van der Waals surface area (Å²) in [7, 11) is 0. The van der Waals surface area contributed by atoms with Gasteiger partial charge in [0.05, 0.1) is 6.10 Å². The highest BCUT2D eigenvalue weighted by molar-refractivity contribution is 5.79. The summed E-state index contributed by atoms with van der Waals surface area (Å²) in [6.07, 6.45) is 0.363. The fourth-order valence-electron chi connectivity index (χ4n) is 1.35. The molecular weight excluding hydrogens is 156 g/mol. The number of aliphatic hydroxyl groups excluding tert-OH is 1. The van der Waals surface area contributed by atoms with Gasteiger partial charge in [-0.2, -0.15) is 0 Å². The number of hydrogen-bond acceptors (Lipinski definition) is 3. The van der Waals surface area contributed by atoms with Crippen LogP contribution in [0.4, 0.5) is 0 Å². The maximum absolute atomic E-state index is 11.5. The van der Waals surface area contributed by atoms with Gasteiger partial charge in [0.1, 0.15) is 0 Å². The fourth-order valence-corrected chi connectivity index (χ4v) is 1.35. The molecule has 4 heteroatoms. The minimum Gasteiger partial charge on any atom is -0.391 e. The van der Waals surface area contributed by atoms with Crippen molar-refractivity contribution in [3.63, 3.8) is 0 Å². The zero-order valence-corrected chi connectivity index (χ0v) is 7.36. The summed E-state index contributed by atoms with van der Waals surface area (Å²) in [5, 5.41) is 9.18. The van der Waals surface area contributed by atoms with E-state index in [4.69, 9.17) is 5.73 Å². The summed E-state index contributed by atoms with van der Waals surface area (Å²) in [4.78, 5) is 13.1. The Balaban J connectivity index is 2.43. The number of likely N-dealkylation sites (tertiary alicyclic amines) is 1. The molecule has 4 nitrogen and oxygen atoms in total. The van der Waals surface area contributed by atoms with E-state index >= 15 is 0 Å². The van der Waals surface area contributed by atoms with Crippen LogP contribution in [0.2, 0.25) is 0 Å². The maximum Gasteiger partial charge on any atom is 0.226 e. The Kier molecular flexibility index (Phi) is 3.05. The van der Waals surface area contributed by atoms with Crippen LogP contribution >= 0.6 is 0 Å². The van der Waals surface area contributed by atoms with E-state index in [1.165, 1.54) is 0 Å². The van der Waals surface area contributed by atoms with Crippen molar-refractivity contribution in [1.82, 2.24) is 4.90 Å². The first-order valence-electron chi connectivity index (χ1n) is 4.32. The van der Waals surface area contributed by atoms with Crippen molar-refractivity contribution in [3.05, 3.63) is 0 Å². The molecule has 0 saturated carbocycles. The van der Waals surface area contributed by atoms with E-state index in [2.05, 4.69) is 0 Å². The van der Waals surface area contributed by atoms with Gasteiger partial charge in [-0.25, -0.2) is 0 Å². The molecule has 1 heterocycles. The molecule has 1 rings (SSSR count). The number of amides is 1. The van der Waals surface area contributed by atoms with E-state index in [0.29, 0.717) is 26.1 Å². The molecule has 1 aliphatic heterocycles. The molecule has 0 aromatic heterocycles. The van der Waals surface area contributed by atoms with Gasteiger partial charge in [0.25, 0.3) is 0 Å². The first-order valence-corrected chi connectivity index (χ1v) is 4.32. The maximum atomic E-state index is 11.5. The van der Waals surface area contributed by atoms with Crippen LogP contribution in [0.5, 0.6) is 0 Å². The third-order valence-corrected chi connectivity index (χ3v) is 2.25. The van der Waals surface area contributed by atoms with Crippen molar-refractivity contribution < 1.29 is 9.90 Å². The number of aliphatic hydroxyl groups is 1. The molecule has 12 heavy (non-hydrogen) atoms. The van der Waals surface area contributed by atoms with E-state index in [-0.39, 0.29) is 17.9 Å². The Morgan fingerprint density at radius 3 is 2.92 bits per heavy atom. The summed E-state index contributed by atoms with van der Waals surface area (Å²) in [6, 6.07) is 0. The lowest BCUT2D eigenvalue weighted by Gasteiger charge is -2.18. The van der Waals surface area contributed by atoms with Crippen molar-refractivity contribution in [2.45, 2.75) is 19.4 Å². The topological polar surface area (TPSA) is 66.6 Å². The van der Waals surface area contributed by atoms with Crippen LogP contribution in [-0.2, 0) is 4.79 Å². The van der Waals surface area contributed by atoms with E-state index in [0.717, 1.165) is 0 Å². The molecule has 0 radical (unpaired) electrons. The predicted octanol–water partition coefficient (Wildman–Crippen LogP) is -0.826. The summed E-state index contributed by atoms with van der Waals surface area (Å²) < 4.78 is 0. The fraction of sp³-hybridized carbons (Fsp3) is 0.875. The minimum absolute atomic E-state index is 0.0639. The van der Waals surface area contributed by atoms with Gasteiger partial charge in [-0.05, 0) is 6.42 Å². The van der Waals surface area contributed by atoms with E-state index < -0.39 is 0 Å². The van der Waals surface area contributed by atoms with Crippen LogP contribution in [-0.4, -0.2) is 41.7 Å². The van der Waals surface area contributed by atoms with Crippen molar-refractivity contribution in [3.8, 4) is 0 Å². The second-order valence-electron chi connectivity index (χ2n) is 3.36. The molecular formula is C8H16N2O2. The first-order chi connectivity index (χ1) is 5.65. The smallest absolute Gasteiger partial charge is 0.226 e. The normalized spacial score (nSPS) is 25.9. The lowest BCUT2D eigenvalue weighted by atomic mass is 10.1. The molecule has 1 aliphatic rings. The van der Waals surface area contributed by atoms with Gasteiger partial charge in [0, 0.05) is 25.6 Å². The minimum atomic E-state index is -0.334. The second-order valence-corrected chi connectivity index (χ2v) is 3.36. The van der Waals surface area contributed by atoms with Gasteiger partial charge in [0.2, 0.25) is 5.91 Å². The van der Waals surface area contributed by atoms with E-state index in [1.807, 2.05) is 6.92 Å². The highest BCUT2D eigenvalue weighted by Crippen LogP contribution is 2.11. The average Bonchev–Trinajstić information content (AvgIpc) is 2.49. The second kappa shape index (κ2) is 3.87. The van der Waals surface area contributed by atoms with Crippen LogP contribution in [0, 0.1) is 5.92 Å². The number of nitrogens with two attached hydrogens (primary N) is 1. The number of nitrogens with zero attached hydrogens (tertiary/aromatic N) is 1. The van der Waals surface area contributed by atoms with Crippen molar-refractivity contribution in [2.75, 3.05) is 19.6 Å². The number of β-amino-alcohol motifs (C(OH)–C–C–N with tert-alkyl or cyclic N) is 1. The zero-order valence-electron chi connectivity index (χ0n) is 7.36. The van der Waals surface area contributed by atoms with Crippen LogP contribution < -0.4 is 5.73 Å². The molecule has 0 aliphatic carbocycles. The van der Waals surface area contributed by atoms with E-state index in [1.54, 1.807) is 4.90 Å². The molecule has 1 fully saturated rings. The van der Waals surface area contributed by atoms with Crippen LogP contribution in [0.1, 0.15) is 13.3 Å². The van der Waals surface area contributed by atoms with Gasteiger partial charge in [-0.1, -0.05) is 6.92 Å². The Labute approximate surface area is 72.3 Å².